The number of rotatable bonds is 6. The monoisotopic (exact) mass is 332 g/mol. The molecule has 0 fully saturated rings. The molecule has 0 saturated heterocycles. The molecular weight excluding hydrogens is 313 g/mol. The smallest absolute Gasteiger partial charge is 0.416 e. The van der Waals surface area contributed by atoms with Gasteiger partial charge >= 0.3 is 18.2 Å². The first-order chi connectivity index (χ1) is 10.6. The lowest BCUT2D eigenvalue weighted by atomic mass is 10.00. The minimum absolute atomic E-state index is 0.0373. The van der Waals surface area contributed by atoms with E-state index in [-0.39, 0.29) is 24.9 Å². The maximum absolute atomic E-state index is 13.0. The van der Waals surface area contributed by atoms with E-state index in [9.17, 15) is 22.8 Å². The molecular formula is C15H19F3N2O3. The Bertz CT molecular complexity index is 561. The number of halogens is 3. The van der Waals surface area contributed by atoms with E-state index in [0.29, 0.717) is 0 Å². The summed E-state index contributed by atoms with van der Waals surface area (Å²) in [5, 5.41) is 10.9. The molecule has 1 rings (SSSR count). The summed E-state index contributed by atoms with van der Waals surface area (Å²) in [6.45, 7) is 1.59. The molecule has 8 heteroatoms. The number of amides is 2. The first kappa shape index (κ1) is 18.8. The molecule has 5 nitrogen and oxygen atoms in total. The minimum Gasteiger partial charge on any atom is -0.481 e. The predicted octanol–water partition coefficient (Wildman–Crippen LogP) is 2.75. The highest BCUT2D eigenvalue weighted by Crippen LogP contribution is 2.32. The third-order valence-corrected chi connectivity index (χ3v) is 3.43. The van der Waals surface area contributed by atoms with Gasteiger partial charge in [-0.05, 0) is 25.0 Å². The Morgan fingerprint density at radius 3 is 2.48 bits per heavy atom. The molecule has 0 aliphatic heterocycles. The first-order valence-electron chi connectivity index (χ1n) is 7.00. The lowest BCUT2D eigenvalue weighted by molar-refractivity contribution is -0.138. The SMILES string of the molecule is CC(Cc1ccccc1C(F)(F)F)N(C)C(=O)NCCC(=O)O. The van der Waals surface area contributed by atoms with Gasteiger partial charge in [-0.25, -0.2) is 4.79 Å². The summed E-state index contributed by atoms with van der Waals surface area (Å²) in [5.41, 5.74) is -0.607. The van der Waals surface area contributed by atoms with Gasteiger partial charge in [0.1, 0.15) is 0 Å². The Morgan fingerprint density at radius 2 is 1.91 bits per heavy atom. The largest absolute Gasteiger partial charge is 0.481 e. The molecule has 2 N–H and O–H groups in total. The number of carbonyl (C=O) groups excluding carboxylic acids is 1. The van der Waals surface area contributed by atoms with Crippen LogP contribution in [0.2, 0.25) is 0 Å². The zero-order chi connectivity index (χ0) is 17.6. The first-order valence-corrected chi connectivity index (χ1v) is 7.00. The molecule has 0 spiro atoms. The van der Waals surface area contributed by atoms with Gasteiger partial charge in [-0.3, -0.25) is 4.79 Å². The van der Waals surface area contributed by atoms with Crippen molar-refractivity contribution in [3.63, 3.8) is 0 Å². The van der Waals surface area contributed by atoms with E-state index >= 15 is 0 Å². The average molecular weight is 332 g/mol. The van der Waals surface area contributed by atoms with Crippen LogP contribution in [0.15, 0.2) is 24.3 Å². The number of aliphatic carboxylic acids is 1. The molecule has 0 bridgehead atoms. The average Bonchev–Trinajstić information content (AvgIpc) is 2.45. The Morgan fingerprint density at radius 1 is 1.30 bits per heavy atom. The number of urea groups is 1. The topological polar surface area (TPSA) is 69.6 Å². The van der Waals surface area contributed by atoms with Crippen LogP contribution >= 0.6 is 0 Å². The molecule has 2 amide bonds. The van der Waals surface area contributed by atoms with Crippen LogP contribution in [0.25, 0.3) is 0 Å². The standard InChI is InChI=1S/C15H19F3N2O3/c1-10(20(2)14(23)19-8-7-13(21)22)9-11-5-3-4-6-12(11)15(16,17)18/h3-6,10H,7-9H2,1-2H3,(H,19,23)(H,21,22). The van der Waals surface area contributed by atoms with E-state index in [0.717, 1.165) is 6.07 Å². The van der Waals surface area contributed by atoms with Crippen LogP contribution in [0.3, 0.4) is 0 Å². The predicted molar refractivity (Wildman–Crippen MR) is 78.0 cm³/mol. The quantitative estimate of drug-likeness (QED) is 0.841. The van der Waals surface area contributed by atoms with E-state index in [1.165, 1.54) is 30.1 Å². The Kier molecular flexibility index (Phi) is 6.41. The Hall–Kier alpha value is -2.25. The van der Waals surface area contributed by atoms with Crippen LogP contribution in [0.4, 0.5) is 18.0 Å². The molecule has 1 unspecified atom stereocenters. The summed E-state index contributed by atoms with van der Waals surface area (Å²) in [7, 11) is 1.46. The van der Waals surface area contributed by atoms with Crippen molar-refractivity contribution < 1.29 is 27.9 Å². The fourth-order valence-electron chi connectivity index (χ4n) is 2.03. The summed E-state index contributed by atoms with van der Waals surface area (Å²) in [4.78, 5) is 23.5. The van der Waals surface area contributed by atoms with Crippen molar-refractivity contribution in [2.24, 2.45) is 0 Å². The second kappa shape index (κ2) is 7.85. The van der Waals surface area contributed by atoms with Gasteiger partial charge in [0.2, 0.25) is 0 Å². The number of hydrogen-bond donors (Lipinski definition) is 2. The molecule has 1 aromatic rings. The zero-order valence-electron chi connectivity index (χ0n) is 12.9. The van der Waals surface area contributed by atoms with Crippen molar-refractivity contribution in [2.45, 2.75) is 32.0 Å². The maximum Gasteiger partial charge on any atom is 0.416 e. The number of nitrogens with zero attached hydrogens (tertiary/aromatic N) is 1. The molecule has 0 aliphatic rings. The highest BCUT2D eigenvalue weighted by Gasteiger charge is 2.33. The second-order valence-corrected chi connectivity index (χ2v) is 5.19. The van der Waals surface area contributed by atoms with Crippen molar-refractivity contribution >= 4 is 12.0 Å². The van der Waals surface area contributed by atoms with Gasteiger partial charge < -0.3 is 15.3 Å². The van der Waals surface area contributed by atoms with Crippen LogP contribution in [0, 0.1) is 0 Å². The second-order valence-electron chi connectivity index (χ2n) is 5.19. The van der Waals surface area contributed by atoms with Crippen LogP contribution in [-0.4, -0.2) is 41.6 Å². The van der Waals surface area contributed by atoms with Gasteiger partial charge in [0.15, 0.2) is 0 Å². The zero-order valence-corrected chi connectivity index (χ0v) is 12.9. The van der Waals surface area contributed by atoms with Crippen molar-refractivity contribution in [2.75, 3.05) is 13.6 Å². The summed E-state index contributed by atoms with van der Waals surface area (Å²) < 4.78 is 38.9. The molecule has 23 heavy (non-hydrogen) atoms. The third kappa shape index (κ3) is 5.80. The number of alkyl halides is 3. The van der Waals surface area contributed by atoms with Crippen molar-refractivity contribution in [1.29, 1.82) is 0 Å². The number of hydrogen-bond acceptors (Lipinski definition) is 2. The molecule has 128 valence electrons. The number of carbonyl (C=O) groups is 2. The van der Waals surface area contributed by atoms with Crippen LogP contribution in [-0.2, 0) is 17.4 Å². The van der Waals surface area contributed by atoms with Crippen molar-refractivity contribution in [1.82, 2.24) is 10.2 Å². The fraction of sp³-hybridized carbons (Fsp3) is 0.467. The maximum atomic E-state index is 13.0. The van der Waals surface area contributed by atoms with Gasteiger partial charge in [-0.1, -0.05) is 18.2 Å². The number of carboxylic acids is 1. The molecule has 0 aromatic heterocycles. The Labute approximate surface area is 132 Å². The molecule has 0 radical (unpaired) electrons. The minimum atomic E-state index is -4.45. The van der Waals surface area contributed by atoms with Gasteiger partial charge in [0.25, 0.3) is 0 Å². The summed E-state index contributed by atoms with van der Waals surface area (Å²) >= 11 is 0. The molecule has 1 aromatic carbocycles. The van der Waals surface area contributed by atoms with Crippen molar-refractivity contribution in [3.8, 4) is 0 Å². The van der Waals surface area contributed by atoms with E-state index in [2.05, 4.69) is 5.32 Å². The third-order valence-electron chi connectivity index (χ3n) is 3.43. The van der Waals surface area contributed by atoms with Gasteiger partial charge in [0, 0.05) is 19.6 Å². The highest BCUT2D eigenvalue weighted by molar-refractivity contribution is 5.75. The van der Waals surface area contributed by atoms with Crippen LogP contribution in [0.1, 0.15) is 24.5 Å². The molecule has 0 heterocycles. The fourth-order valence-corrected chi connectivity index (χ4v) is 2.03. The van der Waals surface area contributed by atoms with E-state index < -0.39 is 29.8 Å². The number of likely N-dealkylation sites (N-methyl/N-ethyl adjacent to an activating group) is 1. The van der Waals surface area contributed by atoms with Crippen LogP contribution in [0.5, 0.6) is 0 Å². The number of carboxylic acid groups (broad SMARTS) is 1. The molecule has 0 saturated carbocycles. The summed E-state index contributed by atoms with van der Waals surface area (Å²) in [6.07, 6.45) is -4.62. The lowest BCUT2D eigenvalue weighted by Gasteiger charge is -2.26. The van der Waals surface area contributed by atoms with E-state index in [4.69, 9.17) is 5.11 Å². The van der Waals surface area contributed by atoms with Crippen LogP contribution < -0.4 is 5.32 Å². The van der Waals surface area contributed by atoms with E-state index in [1.807, 2.05) is 0 Å². The number of nitrogens with one attached hydrogen (secondary N) is 1. The highest BCUT2D eigenvalue weighted by atomic mass is 19.4. The normalized spacial score (nSPS) is 12.6. The molecule has 1 atom stereocenters. The summed E-state index contributed by atoms with van der Waals surface area (Å²) in [5.74, 6) is -1.04. The summed E-state index contributed by atoms with van der Waals surface area (Å²) in [6, 6.07) is 4.22. The Balaban J connectivity index is 2.70. The van der Waals surface area contributed by atoms with Gasteiger partial charge in [-0.2, -0.15) is 13.2 Å². The van der Waals surface area contributed by atoms with Gasteiger partial charge in [-0.15, -0.1) is 0 Å². The van der Waals surface area contributed by atoms with E-state index in [1.54, 1.807) is 6.92 Å². The van der Waals surface area contributed by atoms with Gasteiger partial charge in [0.05, 0.1) is 12.0 Å². The number of benzene rings is 1. The van der Waals surface area contributed by atoms with Crippen molar-refractivity contribution in [3.05, 3.63) is 35.4 Å². The lowest BCUT2D eigenvalue weighted by Crippen LogP contribution is -2.44. The molecule has 0 aliphatic carbocycles.